The first-order chi connectivity index (χ1) is 15.0. The summed E-state index contributed by atoms with van der Waals surface area (Å²) < 4.78 is 38.7. The van der Waals surface area contributed by atoms with Gasteiger partial charge in [0, 0.05) is 19.1 Å². The highest BCUT2D eigenvalue weighted by Gasteiger charge is 2.56. The first kappa shape index (κ1) is 22.1. The van der Waals surface area contributed by atoms with Gasteiger partial charge in [-0.25, -0.2) is 5.10 Å². The number of carbonyl (C=O) groups excluding carboxylic acids is 3. The minimum atomic E-state index is -4.70. The molecule has 1 aromatic heterocycles. The normalized spacial score (nSPS) is 28.9. The van der Waals surface area contributed by atoms with E-state index in [4.69, 9.17) is 5.73 Å². The zero-order valence-electron chi connectivity index (χ0n) is 17.3. The quantitative estimate of drug-likeness (QED) is 0.451. The van der Waals surface area contributed by atoms with Crippen LogP contribution in [0.4, 0.5) is 25.1 Å². The molecule has 13 heteroatoms. The largest absolute Gasteiger partial charge is 0.406 e. The number of piperidine rings is 1. The SMILES string of the molecule is CC1C=CC2C(=O)N(CC(F)(F)F)C(=O)C2C1C(=O)N1CCC(Nc2n[nH]c(N)n2)CC1. The van der Waals surface area contributed by atoms with Gasteiger partial charge in [-0.15, -0.1) is 5.10 Å². The summed E-state index contributed by atoms with van der Waals surface area (Å²) in [4.78, 5) is 44.5. The number of amides is 3. The summed E-state index contributed by atoms with van der Waals surface area (Å²) in [5.41, 5.74) is 5.50. The Labute approximate surface area is 181 Å². The molecule has 3 amide bonds. The molecule has 174 valence electrons. The van der Waals surface area contributed by atoms with Crippen LogP contribution in [0.5, 0.6) is 0 Å². The summed E-state index contributed by atoms with van der Waals surface area (Å²) in [5, 5.41) is 9.58. The second-order valence-electron chi connectivity index (χ2n) is 8.49. The van der Waals surface area contributed by atoms with Gasteiger partial charge in [0.15, 0.2) is 0 Å². The lowest BCUT2D eigenvalue weighted by molar-refractivity contribution is -0.167. The van der Waals surface area contributed by atoms with Crippen LogP contribution >= 0.6 is 0 Å². The molecule has 0 saturated carbocycles. The van der Waals surface area contributed by atoms with E-state index in [-0.39, 0.29) is 28.7 Å². The Bertz CT molecular complexity index is 939. The number of rotatable bonds is 4. The summed E-state index contributed by atoms with van der Waals surface area (Å²) in [5.74, 6) is -4.99. The van der Waals surface area contributed by atoms with Crippen LogP contribution in [-0.4, -0.2) is 74.6 Å². The number of anilines is 2. The van der Waals surface area contributed by atoms with Gasteiger partial charge in [0.25, 0.3) is 0 Å². The van der Waals surface area contributed by atoms with E-state index in [2.05, 4.69) is 20.5 Å². The third-order valence-corrected chi connectivity index (χ3v) is 6.33. The number of likely N-dealkylation sites (tertiary alicyclic amines) is 2. The molecule has 10 nitrogen and oxygen atoms in total. The predicted molar refractivity (Wildman–Crippen MR) is 106 cm³/mol. The van der Waals surface area contributed by atoms with E-state index < -0.39 is 42.3 Å². The number of aromatic nitrogens is 3. The number of nitrogens with one attached hydrogen (secondary N) is 2. The highest BCUT2D eigenvalue weighted by atomic mass is 19.4. The molecule has 0 spiro atoms. The van der Waals surface area contributed by atoms with Crippen molar-refractivity contribution in [1.82, 2.24) is 25.0 Å². The molecule has 3 heterocycles. The number of carbonyl (C=O) groups is 3. The molecular weight excluding hydrogens is 431 g/mol. The number of nitrogens with two attached hydrogens (primary N) is 1. The highest BCUT2D eigenvalue weighted by Crippen LogP contribution is 2.42. The number of H-pyrrole nitrogens is 1. The number of allylic oxidation sites excluding steroid dienone is 1. The van der Waals surface area contributed by atoms with Gasteiger partial charge in [-0.05, 0) is 18.8 Å². The van der Waals surface area contributed by atoms with Crippen LogP contribution in [0.1, 0.15) is 19.8 Å². The summed E-state index contributed by atoms with van der Waals surface area (Å²) in [7, 11) is 0. The maximum Gasteiger partial charge on any atom is 0.406 e. The number of hydrogen-bond donors (Lipinski definition) is 3. The number of aromatic amines is 1. The molecule has 2 saturated heterocycles. The Kier molecular flexibility index (Phi) is 5.59. The van der Waals surface area contributed by atoms with E-state index in [0.29, 0.717) is 31.9 Å². The first-order valence-electron chi connectivity index (χ1n) is 10.4. The fourth-order valence-corrected chi connectivity index (χ4v) is 4.79. The van der Waals surface area contributed by atoms with E-state index in [1.807, 2.05) is 0 Å². The molecule has 0 aromatic carbocycles. The molecule has 2 aliphatic heterocycles. The minimum Gasteiger partial charge on any atom is -0.368 e. The highest BCUT2D eigenvalue weighted by molar-refractivity contribution is 6.08. The van der Waals surface area contributed by atoms with Crippen molar-refractivity contribution >= 4 is 29.6 Å². The van der Waals surface area contributed by atoms with Gasteiger partial charge in [0.05, 0.1) is 17.8 Å². The van der Waals surface area contributed by atoms with Gasteiger partial charge >= 0.3 is 6.18 Å². The molecule has 3 aliphatic rings. The second kappa shape index (κ2) is 8.10. The van der Waals surface area contributed by atoms with Crippen molar-refractivity contribution in [2.24, 2.45) is 23.7 Å². The van der Waals surface area contributed by atoms with E-state index in [1.54, 1.807) is 17.9 Å². The second-order valence-corrected chi connectivity index (χ2v) is 8.49. The lowest BCUT2D eigenvalue weighted by Crippen LogP contribution is -2.50. The van der Waals surface area contributed by atoms with Gasteiger partial charge in [0.2, 0.25) is 29.6 Å². The molecule has 4 rings (SSSR count). The van der Waals surface area contributed by atoms with Crippen LogP contribution in [0.3, 0.4) is 0 Å². The molecule has 2 fully saturated rings. The summed E-state index contributed by atoms with van der Waals surface area (Å²) in [6, 6.07) is 0.0163. The third-order valence-electron chi connectivity index (χ3n) is 6.33. The zero-order chi connectivity index (χ0) is 23.2. The van der Waals surface area contributed by atoms with Crippen LogP contribution in [0.25, 0.3) is 0 Å². The zero-order valence-corrected chi connectivity index (χ0v) is 17.3. The fourth-order valence-electron chi connectivity index (χ4n) is 4.79. The van der Waals surface area contributed by atoms with Gasteiger partial charge < -0.3 is 16.0 Å². The van der Waals surface area contributed by atoms with Crippen LogP contribution in [0.15, 0.2) is 12.2 Å². The third kappa shape index (κ3) is 4.15. The van der Waals surface area contributed by atoms with E-state index in [1.165, 1.54) is 6.08 Å². The van der Waals surface area contributed by atoms with Crippen molar-refractivity contribution in [3.63, 3.8) is 0 Å². The Hall–Kier alpha value is -3.12. The molecule has 0 bridgehead atoms. The number of nitrogens with zero attached hydrogens (tertiary/aromatic N) is 4. The lowest BCUT2D eigenvalue weighted by Gasteiger charge is -2.38. The molecule has 4 atom stereocenters. The van der Waals surface area contributed by atoms with Crippen molar-refractivity contribution in [2.45, 2.75) is 32.0 Å². The van der Waals surface area contributed by atoms with Crippen molar-refractivity contribution in [2.75, 3.05) is 30.7 Å². The van der Waals surface area contributed by atoms with Gasteiger partial charge in [-0.2, -0.15) is 18.2 Å². The smallest absolute Gasteiger partial charge is 0.368 e. The first-order valence-corrected chi connectivity index (χ1v) is 10.4. The van der Waals surface area contributed by atoms with Gasteiger partial charge in [-0.1, -0.05) is 19.1 Å². The van der Waals surface area contributed by atoms with E-state index >= 15 is 0 Å². The predicted octanol–water partition coefficient (Wildman–Crippen LogP) is 0.775. The number of hydrogen-bond acceptors (Lipinski definition) is 7. The fraction of sp³-hybridized carbons (Fsp3) is 0.632. The van der Waals surface area contributed by atoms with Crippen LogP contribution in [-0.2, 0) is 14.4 Å². The molecule has 32 heavy (non-hydrogen) atoms. The maximum atomic E-state index is 13.3. The molecular formula is C19H24F3N7O3. The van der Waals surface area contributed by atoms with Crippen molar-refractivity contribution < 1.29 is 27.6 Å². The molecule has 1 aromatic rings. The molecule has 0 radical (unpaired) electrons. The number of nitrogen functional groups attached to an aromatic ring is 1. The van der Waals surface area contributed by atoms with Gasteiger partial charge in [0.1, 0.15) is 6.54 Å². The Morgan fingerprint density at radius 1 is 1.25 bits per heavy atom. The lowest BCUT2D eigenvalue weighted by atomic mass is 9.71. The molecule has 1 aliphatic carbocycles. The summed E-state index contributed by atoms with van der Waals surface area (Å²) >= 11 is 0. The monoisotopic (exact) mass is 455 g/mol. The topological polar surface area (TPSA) is 137 Å². The average molecular weight is 455 g/mol. The van der Waals surface area contributed by atoms with Crippen LogP contribution in [0.2, 0.25) is 0 Å². The van der Waals surface area contributed by atoms with Crippen molar-refractivity contribution in [1.29, 1.82) is 0 Å². The number of alkyl halides is 3. The number of imide groups is 1. The summed E-state index contributed by atoms with van der Waals surface area (Å²) in [6.45, 7) is 0.898. The minimum absolute atomic E-state index is 0.0163. The molecule has 4 unspecified atom stereocenters. The Balaban J connectivity index is 1.44. The van der Waals surface area contributed by atoms with Crippen molar-refractivity contribution in [3.05, 3.63) is 12.2 Å². The number of fused-ring (bicyclic) bond motifs is 1. The van der Waals surface area contributed by atoms with Gasteiger partial charge in [-0.3, -0.25) is 19.3 Å². The van der Waals surface area contributed by atoms with E-state index in [0.717, 1.165) is 0 Å². The average Bonchev–Trinajstić information content (AvgIpc) is 3.23. The van der Waals surface area contributed by atoms with Crippen molar-refractivity contribution in [3.8, 4) is 0 Å². The van der Waals surface area contributed by atoms with Crippen LogP contribution in [0, 0.1) is 23.7 Å². The number of halogens is 3. The van der Waals surface area contributed by atoms with Crippen LogP contribution < -0.4 is 11.1 Å². The molecule has 4 N–H and O–H groups in total. The Morgan fingerprint density at radius 3 is 2.53 bits per heavy atom. The Morgan fingerprint density at radius 2 is 1.94 bits per heavy atom. The maximum absolute atomic E-state index is 13.3. The summed E-state index contributed by atoms with van der Waals surface area (Å²) in [6.07, 6.45) is -0.393. The standard InChI is InChI=1S/C19H24F3N7O3/c1-9-2-3-11-13(16(32)29(14(11)30)8-19(20,21)22)12(9)15(31)28-6-4-10(5-7-28)24-18-25-17(23)26-27-18/h2-3,9-13H,4-8H2,1H3,(H4,23,24,25,26,27). The van der Waals surface area contributed by atoms with E-state index in [9.17, 15) is 27.6 Å².